The molecule has 4 nitrogen and oxygen atoms in total. The summed E-state index contributed by atoms with van der Waals surface area (Å²) in [7, 11) is 1.26. The van der Waals surface area contributed by atoms with Crippen LogP contribution in [0, 0.1) is 0 Å². The van der Waals surface area contributed by atoms with Crippen LogP contribution in [0.5, 0.6) is 0 Å². The summed E-state index contributed by atoms with van der Waals surface area (Å²) in [6, 6.07) is 9.77. The second-order valence-electron chi connectivity index (χ2n) is 3.18. The fourth-order valence-corrected chi connectivity index (χ4v) is 1.22. The molecular formula is C11H15NO3. The minimum absolute atomic E-state index is 0.471. The molecule has 0 bridgehead atoms. The first kappa shape index (κ1) is 11.5. The standard InChI is InChI=1S/C11H15NO3/c1-15-11(14)12-10(13)8-7-9-5-3-2-4-6-9/h2-6,10,13H,7-8H2,1H3,(H,12,14). The molecule has 1 rings (SSSR count). The Morgan fingerprint density at radius 2 is 2.13 bits per heavy atom. The maximum Gasteiger partial charge on any atom is 0.408 e. The molecule has 0 radical (unpaired) electrons. The van der Waals surface area contributed by atoms with Gasteiger partial charge in [-0.25, -0.2) is 4.79 Å². The predicted molar refractivity (Wildman–Crippen MR) is 56.3 cm³/mol. The van der Waals surface area contributed by atoms with Gasteiger partial charge in [0.05, 0.1) is 7.11 Å². The van der Waals surface area contributed by atoms with Gasteiger partial charge in [-0.05, 0) is 18.4 Å². The summed E-state index contributed by atoms with van der Waals surface area (Å²) in [5.74, 6) is 0. The van der Waals surface area contributed by atoms with Gasteiger partial charge in [0, 0.05) is 0 Å². The summed E-state index contributed by atoms with van der Waals surface area (Å²) in [6.45, 7) is 0. The minimum Gasteiger partial charge on any atom is -0.453 e. The third-order valence-corrected chi connectivity index (χ3v) is 2.02. The van der Waals surface area contributed by atoms with E-state index in [4.69, 9.17) is 0 Å². The molecule has 0 heterocycles. The Labute approximate surface area is 88.9 Å². The zero-order chi connectivity index (χ0) is 11.1. The quantitative estimate of drug-likeness (QED) is 0.735. The number of alkyl carbamates (subject to hydrolysis) is 1. The van der Waals surface area contributed by atoms with Gasteiger partial charge in [0.15, 0.2) is 0 Å². The van der Waals surface area contributed by atoms with Crippen molar-refractivity contribution in [3.63, 3.8) is 0 Å². The summed E-state index contributed by atoms with van der Waals surface area (Å²) >= 11 is 0. The Kier molecular flexibility index (Phi) is 4.63. The van der Waals surface area contributed by atoms with Crippen LogP contribution in [-0.4, -0.2) is 24.5 Å². The van der Waals surface area contributed by atoms with Crippen molar-refractivity contribution < 1.29 is 14.6 Å². The molecule has 0 saturated heterocycles. The fraction of sp³-hybridized carbons (Fsp3) is 0.364. The van der Waals surface area contributed by atoms with Crippen LogP contribution < -0.4 is 5.32 Å². The van der Waals surface area contributed by atoms with Crippen LogP contribution >= 0.6 is 0 Å². The molecule has 0 aromatic heterocycles. The largest absolute Gasteiger partial charge is 0.453 e. The van der Waals surface area contributed by atoms with E-state index < -0.39 is 12.3 Å². The molecule has 1 unspecified atom stereocenters. The van der Waals surface area contributed by atoms with Gasteiger partial charge in [0.25, 0.3) is 0 Å². The molecule has 1 amide bonds. The highest BCUT2D eigenvalue weighted by Crippen LogP contribution is 2.03. The number of ether oxygens (including phenoxy) is 1. The number of methoxy groups -OCH3 is 1. The van der Waals surface area contributed by atoms with Crippen LogP contribution in [0.15, 0.2) is 30.3 Å². The van der Waals surface area contributed by atoms with Gasteiger partial charge >= 0.3 is 6.09 Å². The van der Waals surface area contributed by atoms with E-state index in [2.05, 4.69) is 10.1 Å². The summed E-state index contributed by atoms with van der Waals surface area (Å²) in [5.41, 5.74) is 1.13. The first-order valence-corrected chi connectivity index (χ1v) is 4.79. The SMILES string of the molecule is COC(=O)NC(O)CCc1ccccc1. The van der Waals surface area contributed by atoms with E-state index in [9.17, 15) is 9.90 Å². The van der Waals surface area contributed by atoms with Crippen molar-refractivity contribution in [1.29, 1.82) is 0 Å². The van der Waals surface area contributed by atoms with Crippen LogP contribution in [0.25, 0.3) is 0 Å². The highest BCUT2D eigenvalue weighted by molar-refractivity contribution is 5.67. The molecule has 1 aromatic rings. The lowest BCUT2D eigenvalue weighted by Gasteiger charge is -2.11. The molecule has 0 aliphatic heterocycles. The molecular weight excluding hydrogens is 194 g/mol. The van der Waals surface area contributed by atoms with E-state index >= 15 is 0 Å². The number of nitrogens with one attached hydrogen (secondary N) is 1. The van der Waals surface area contributed by atoms with Crippen LogP contribution in [0.3, 0.4) is 0 Å². The lowest BCUT2D eigenvalue weighted by Crippen LogP contribution is -2.34. The van der Waals surface area contributed by atoms with E-state index in [1.54, 1.807) is 0 Å². The van der Waals surface area contributed by atoms with Gasteiger partial charge < -0.3 is 9.84 Å². The van der Waals surface area contributed by atoms with E-state index in [1.807, 2.05) is 30.3 Å². The van der Waals surface area contributed by atoms with E-state index in [0.29, 0.717) is 12.8 Å². The average molecular weight is 209 g/mol. The van der Waals surface area contributed by atoms with Crippen molar-refractivity contribution in [3.05, 3.63) is 35.9 Å². The zero-order valence-corrected chi connectivity index (χ0v) is 8.64. The van der Waals surface area contributed by atoms with Crippen LogP contribution in [0.4, 0.5) is 4.79 Å². The molecule has 2 N–H and O–H groups in total. The number of carbonyl (C=O) groups excluding carboxylic acids is 1. The Morgan fingerprint density at radius 1 is 1.47 bits per heavy atom. The molecule has 0 spiro atoms. The molecule has 82 valence electrons. The van der Waals surface area contributed by atoms with Crippen LogP contribution in [-0.2, 0) is 11.2 Å². The fourth-order valence-electron chi connectivity index (χ4n) is 1.22. The van der Waals surface area contributed by atoms with Gasteiger partial charge in [0.1, 0.15) is 6.23 Å². The Bertz CT molecular complexity index is 300. The van der Waals surface area contributed by atoms with Crippen molar-refractivity contribution in [2.24, 2.45) is 0 Å². The summed E-state index contributed by atoms with van der Waals surface area (Å²) in [6.07, 6.45) is -0.293. The van der Waals surface area contributed by atoms with Crippen LogP contribution in [0.1, 0.15) is 12.0 Å². The third kappa shape index (κ3) is 4.46. The number of carbonyl (C=O) groups is 1. The minimum atomic E-state index is -0.863. The van der Waals surface area contributed by atoms with Crippen molar-refractivity contribution in [2.75, 3.05) is 7.11 Å². The van der Waals surface area contributed by atoms with Gasteiger partial charge in [-0.3, -0.25) is 5.32 Å². The van der Waals surface area contributed by atoms with Crippen molar-refractivity contribution in [2.45, 2.75) is 19.1 Å². The van der Waals surface area contributed by atoms with E-state index in [1.165, 1.54) is 7.11 Å². The molecule has 1 atom stereocenters. The van der Waals surface area contributed by atoms with Crippen molar-refractivity contribution in [3.8, 4) is 0 Å². The predicted octanol–water partition coefficient (Wildman–Crippen LogP) is 1.29. The number of hydrogen-bond acceptors (Lipinski definition) is 3. The van der Waals surface area contributed by atoms with Gasteiger partial charge in [-0.15, -0.1) is 0 Å². The maximum absolute atomic E-state index is 10.7. The molecule has 0 aliphatic rings. The Hall–Kier alpha value is -1.55. The lowest BCUT2D eigenvalue weighted by molar-refractivity contribution is 0.105. The number of aliphatic hydroxyl groups is 1. The maximum atomic E-state index is 10.7. The summed E-state index contributed by atoms with van der Waals surface area (Å²) in [5, 5.41) is 11.7. The first-order valence-electron chi connectivity index (χ1n) is 4.79. The molecule has 0 fully saturated rings. The number of amides is 1. The van der Waals surface area contributed by atoms with E-state index in [-0.39, 0.29) is 0 Å². The third-order valence-electron chi connectivity index (χ3n) is 2.02. The normalized spacial score (nSPS) is 11.9. The second kappa shape index (κ2) is 6.03. The molecule has 15 heavy (non-hydrogen) atoms. The molecule has 0 aliphatic carbocycles. The average Bonchev–Trinajstić information content (AvgIpc) is 2.27. The highest BCUT2D eigenvalue weighted by atomic mass is 16.5. The number of aliphatic hydroxyl groups excluding tert-OH is 1. The second-order valence-corrected chi connectivity index (χ2v) is 3.18. The topological polar surface area (TPSA) is 58.6 Å². The van der Waals surface area contributed by atoms with Gasteiger partial charge in [0.2, 0.25) is 0 Å². The van der Waals surface area contributed by atoms with Crippen molar-refractivity contribution in [1.82, 2.24) is 5.32 Å². The zero-order valence-electron chi connectivity index (χ0n) is 8.64. The van der Waals surface area contributed by atoms with Crippen molar-refractivity contribution >= 4 is 6.09 Å². The number of rotatable bonds is 4. The Balaban J connectivity index is 2.28. The number of hydrogen-bond donors (Lipinski definition) is 2. The van der Waals surface area contributed by atoms with Crippen LogP contribution in [0.2, 0.25) is 0 Å². The molecule has 1 aromatic carbocycles. The number of aryl methyl sites for hydroxylation is 1. The molecule has 4 heteroatoms. The van der Waals surface area contributed by atoms with Gasteiger partial charge in [-0.1, -0.05) is 30.3 Å². The summed E-state index contributed by atoms with van der Waals surface area (Å²) < 4.78 is 4.36. The Morgan fingerprint density at radius 3 is 2.73 bits per heavy atom. The van der Waals surface area contributed by atoms with E-state index in [0.717, 1.165) is 5.56 Å². The highest BCUT2D eigenvalue weighted by Gasteiger charge is 2.07. The van der Waals surface area contributed by atoms with Gasteiger partial charge in [-0.2, -0.15) is 0 Å². The monoisotopic (exact) mass is 209 g/mol. The lowest BCUT2D eigenvalue weighted by atomic mass is 10.1. The summed E-state index contributed by atoms with van der Waals surface area (Å²) in [4.78, 5) is 10.7. The number of benzene rings is 1. The first-order chi connectivity index (χ1) is 7.22. The molecule has 0 saturated carbocycles. The smallest absolute Gasteiger partial charge is 0.408 e.